The highest BCUT2D eigenvalue weighted by molar-refractivity contribution is 6.19. The molecule has 3 aliphatic carbocycles. The van der Waals surface area contributed by atoms with Crippen LogP contribution in [-0.2, 0) is 19.1 Å². The van der Waals surface area contributed by atoms with Crippen LogP contribution < -0.4 is 0 Å². The molecule has 0 aromatic heterocycles. The van der Waals surface area contributed by atoms with Crippen molar-refractivity contribution in [2.45, 2.75) is 59.8 Å². The first kappa shape index (κ1) is 16.8. The summed E-state index contributed by atoms with van der Waals surface area (Å²) in [5.74, 6) is 0.0260. The molecular formula is C20H27NO4. The summed E-state index contributed by atoms with van der Waals surface area (Å²) in [6, 6.07) is 0. The highest BCUT2D eigenvalue weighted by atomic mass is 16.5. The molecule has 5 heteroatoms. The van der Waals surface area contributed by atoms with Crippen LogP contribution in [0.4, 0.5) is 0 Å². The maximum Gasteiger partial charge on any atom is 0.311 e. The molecule has 25 heavy (non-hydrogen) atoms. The number of hydrogen-bond acceptors (Lipinski definition) is 4. The first-order valence-electron chi connectivity index (χ1n) is 9.41. The van der Waals surface area contributed by atoms with Gasteiger partial charge in [0.15, 0.2) is 6.73 Å². The van der Waals surface area contributed by atoms with Crippen LogP contribution in [0.2, 0.25) is 0 Å². The van der Waals surface area contributed by atoms with Crippen molar-refractivity contribution >= 4 is 17.8 Å². The van der Waals surface area contributed by atoms with Gasteiger partial charge in [-0.25, -0.2) is 4.90 Å². The number of ether oxygens (including phenoxy) is 1. The molecular weight excluding hydrogens is 318 g/mol. The van der Waals surface area contributed by atoms with E-state index < -0.39 is 0 Å². The Morgan fingerprint density at radius 3 is 2.08 bits per heavy atom. The van der Waals surface area contributed by atoms with E-state index in [0.717, 1.165) is 24.2 Å². The van der Waals surface area contributed by atoms with Gasteiger partial charge in [-0.15, -0.1) is 0 Å². The minimum atomic E-state index is -0.262. The minimum absolute atomic E-state index is 0.0496. The normalized spacial score (nSPS) is 34.9. The molecule has 4 rings (SSSR count). The van der Waals surface area contributed by atoms with Gasteiger partial charge in [-0.3, -0.25) is 14.4 Å². The SMILES string of the molecule is CC1(C)CC1C1C(C(=O)OCN2C(=O)C3=C(CCCC3)C2=O)C1(C)C. The number of carbonyl (C=O) groups is 3. The largest absolute Gasteiger partial charge is 0.443 e. The number of imide groups is 1. The Labute approximate surface area is 148 Å². The van der Waals surface area contributed by atoms with Crippen molar-refractivity contribution in [2.24, 2.45) is 28.6 Å². The molecule has 3 unspecified atom stereocenters. The Kier molecular flexibility index (Phi) is 3.48. The topological polar surface area (TPSA) is 63.7 Å². The van der Waals surface area contributed by atoms with E-state index in [1.165, 1.54) is 0 Å². The van der Waals surface area contributed by atoms with Crippen LogP contribution >= 0.6 is 0 Å². The summed E-state index contributed by atoms with van der Waals surface area (Å²) in [4.78, 5) is 38.5. The molecule has 3 atom stereocenters. The highest BCUT2D eigenvalue weighted by Gasteiger charge is 2.71. The van der Waals surface area contributed by atoms with Crippen molar-refractivity contribution in [1.82, 2.24) is 4.90 Å². The summed E-state index contributed by atoms with van der Waals surface area (Å²) >= 11 is 0. The van der Waals surface area contributed by atoms with Gasteiger partial charge in [-0.1, -0.05) is 27.7 Å². The Morgan fingerprint density at radius 2 is 1.60 bits per heavy atom. The summed E-state index contributed by atoms with van der Waals surface area (Å²) in [6.45, 7) is 8.48. The average Bonchev–Trinajstić information content (AvgIpc) is 3.33. The van der Waals surface area contributed by atoms with Crippen LogP contribution in [0.1, 0.15) is 59.8 Å². The second-order valence-electron chi connectivity index (χ2n) is 9.42. The number of esters is 1. The van der Waals surface area contributed by atoms with Crippen molar-refractivity contribution in [3.8, 4) is 0 Å². The molecule has 0 saturated heterocycles. The zero-order valence-electron chi connectivity index (χ0n) is 15.6. The fourth-order valence-electron chi connectivity index (χ4n) is 5.13. The van der Waals surface area contributed by atoms with Crippen LogP contribution in [-0.4, -0.2) is 29.4 Å². The quantitative estimate of drug-likeness (QED) is 0.580. The molecule has 4 aliphatic rings. The number of hydrogen-bond donors (Lipinski definition) is 0. The standard InChI is InChI=1S/C20H27NO4/c1-19(2)9-13(19)14-15(20(14,3)4)18(24)25-10-21-16(22)11-7-5-6-8-12(11)17(21)23/h13-15H,5-10H2,1-4H3. The van der Waals surface area contributed by atoms with Gasteiger partial charge in [0.05, 0.1) is 5.92 Å². The second kappa shape index (κ2) is 5.18. The third kappa shape index (κ3) is 2.46. The van der Waals surface area contributed by atoms with E-state index in [0.29, 0.717) is 41.2 Å². The molecule has 0 radical (unpaired) electrons. The van der Waals surface area contributed by atoms with Gasteiger partial charge >= 0.3 is 5.97 Å². The molecule has 136 valence electrons. The fraction of sp³-hybridized carbons (Fsp3) is 0.750. The first-order chi connectivity index (χ1) is 11.7. The van der Waals surface area contributed by atoms with E-state index in [1.54, 1.807) is 0 Å². The molecule has 0 spiro atoms. The predicted octanol–water partition coefficient (Wildman–Crippen LogP) is 3.04. The van der Waals surface area contributed by atoms with Gasteiger partial charge in [0, 0.05) is 11.1 Å². The van der Waals surface area contributed by atoms with Crippen molar-refractivity contribution in [2.75, 3.05) is 6.73 Å². The molecule has 1 heterocycles. The van der Waals surface area contributed by atoms with E-state index in [4.69, 9.17) is 4.74 Å². The fourth-order valence-corrected chi connectivity index (χ4v) is 5.13. The zero-order chi connectivity index (χ0) is 18.1. The molecule has 0 aromatic rings. The summed E-state index contributed by atoms with van der Waals surface area (Å²) in [7, 11) is 0. The smallest absolute Gasteiger partial charge is 0.311 e. The summed E-state index contributed by atoms with van der Waals surface area (Å²) in [5, 5.41) is 0. The lowest BCUT2D eigenvalue weighted by Crippen LogP contribution is -2.35. The van der Waals surface area contributed by atoms with Crippen LogP contribution in [0.3, 0.4) is 0 Å². The van der Waals surface area contributed by atoms with E-state index in [2.05, 4.69) is 27.7 Å². The molecule has 1 aliphatic heterocycles. The Hall–Kier alpha value is -1.65. The lowest BCUT2D eigenvalue weighted by atomic mass is 9.93. The molecule has 0 N–H and O–H groups in total. The zero-order valence-corrected chi connectivity index (χ0v) is 15.6. The molecule has 0 bridgehead atoms. The van der Waals surface area contributed by atoms with Gasteiger partial charge in [0.25, 0.3) is 11.8 Å². The van der Waals surface area contributed by atoms with E-state index in [1.807, 2.05) is 0 Å². The summed E-state index contributed by atoms with van der Waals surface area (Å²) in [5.41, 5.74) is 1.54. The van der Waals surface area contributed by atoms with E-state index >= 15 is 0 Å². The van der Waals surface area contributed by atoms with Crippen molar-refractivity contribution < 1.29 is 19.1 Å². The number of amides is 2. The van der Waals surface area contributed by atoms with Crippen LogP contribution in [0.5, 0.6) is 0 Å². The van der Waals surface area contributed by atoms with Gasteiger partial charge in [0.2, 0.25) is 0 Å². The first-order valence-corrected chi connectivity index (χ1v) is 9.41. The Balaban J connectivity index is 1.37. The third-order valence-electron chi connectivity index (χ3n) is 7.00. The molecule has 2 saturated carbocycles. The van der Waals surface area contributed by atoms with Crippen molar-refractivity contribution in [3.63, 3.8) is 0 Å². The molecule has 2 fully saturated rings. The molecule has 2 amide bonds. The van der Waals surface area contributed by atoms with E-state index in [-0.39, 0.29) is 35.8 Å². The minimum Gasteiger partial charge on any atom is -0.443 e. The number of nitrogens with zero attached hydrogens (tertiary/aromatic N) is 1. The average molecular weight is 345 g/mol. The van der Waals surface area contributed by atoms with Crippen molar-refractivity contribution in [3.05, 3.63) is 11.1 Å². The second-order valence-corrected chi connectivity index (χ2v) is 9.42. The van der Waals surface area contributed by atoms with Crippen LogP contribution in [0.25, 0.3) is 0 Å². The predicted molar refractivity (Wildman–Crippen MR) is 91.0 cm³/mol. The highest BCUT2D eigenvalue weighted by Crippen LogP contribution is 2.73. The lowest BCUT2D eigenvalue weighted by molar-refractivity contribution is -0.157. The van der Waals surface area contributed by atoms with Crippen molar-refractivity contribution in [1.29, 1.82) is 0 Å². The maximum absolute atomic E-state index is 12.6. The van der Waals surface area contributed by atoms with Gasteiger partial charge in [-0.05, 0) is 54.8 Å². The van der Waals surface area contributed by atoms with E-state index in [9.17, 15) is 14.4 Å². The van der Waals surface area contributed by atoms with Gasteiger partial charge in [0.1, 0.15) is 0 Å². The maximum atomic E-state index is 12.6. The number of rotatable bonds is 4. The molecule has 5 nitrogen and oxygen atoms in total. The Bertz CT molecular complexity index is 674. The number of carbonyl (C=O) groups excluding carboxylic acids is 3. The van der Waals surface area contributed by atoms with Crippen LogP contribution in [0.15, 0.2) is 11.1 Å². The Morgan fingerprint density at radius 1 is 1.08 bits per heavy atom. The monoisotopic (exact) mass is 345 g/mol. The summed E-state index contributed by atoms with van der Waals surface area (Å²) < 4.78 is 5.43. The molecule has 0 aromatic carbocycles. The van der Waals surface area contributed by atoms with Crippen LogP contribution in [0, 0.1) is 28.6 Å². The lowest BCUT2D eigenvalue weighted by Gasteiger charge is -2.15. The summed E-state index contributed by atoms with van der Waals surface area (Å²) in [6.07, 6.45) is 4.38. The van der Waals surface area contributed by atoms with Gasteiger partial charge < -0.3 is 4.74 Å². The third-order valence-corrected chi connectivity index (χ3v) is 7.00. The van der Waals surface area contributed by atoms with Gasteiger partial charge in [-0.2, -0.15) is 0 Å².